The molecule has 0 aromatic carbocycles. The van der Waals surface area contributed by atoms with Gasteiger partial charge in [0.05, 0.1) is 0 Å². The topological polar surface area (TPSA) is 26.3 Å². The fourth-order valence-corrected chi connectivity index (χ4v) is 1.59. The first kappa shape index (κ1) is 11.6. The molecule has 0 bridgehead atoms. The third-order valence-electron chi connectivity index (χ3n) is 1.36. The van der Waals surface area contributed by atoms with Crippen molar-refractivity contribution in [1.82, 2.24) is 0 Å². The highest BCUT2D eigenvalue weighted by Crippen LogP contribution is 2.12. The Bertz CT molecular complexity index is 155. The molecular formula is C9H17O2P. The van der Waals surface area contributed by atoms with Crippen molar-refractivity contribution in [3.05, 3.63) is 12.2 Å². The average Bonchev–Trinajstić information content (AvgIpc) is 2.03. The first-order valence-electron chi connectivity index (χ1n) is 4.21. The summed E-state index contributed by atoms with van der Waals surface area (Å²) in [5.74, 6) is -0.265. The van der Waals surface area contributed by atoms with Gasteiger partial charge in [0.25, 0.3) is 0 Å². The van der Waals surface area contributed by atoms with Crippen LogP contribution < -0.4 is 0 Å². The van der Waals surface area contributed by atoms with Crippen molar-refractivity contribution in [3.63, 3.8) is 0 Å². The molecule has 0 N–H and O–H groups in total. The molecule has 2 nitrogen and oxygen atoms in total. The number of carbonyl (C=O) groups excluding carboxylic acids is 1. The van der Waals surface area contributed by atoms with Gasteiger partial charge in [-0.15, -0.1) is 0 Å². The van der Waals surface area contributed by atoms with E-state index in [1.807, 2.05) is 0 Å². The highest BCUT2D eigenvalue weighted by atomic mass is 31.1. The van der Waals surface area contributed by atoms with Gasteiger partial charge in [-0.3, -0.25) is 0 Å². The lowest BCUT2D eigenvalue weighted by Gasteiger charge is -2.03. The number of ether oxygens (including phenoxy) is 1. The summed E-state index contributed by atoms with van der Waals surface area (Å²) in [5, 5.41) is 0. The molecule has 0 saturated carbocycles. The van der Waals surface area contributed by atoms with Gasteiger partial charge in [0, 0.05) is 5.57 Å². The molecule has 12 heavy (non-hydrogen) atoms. The number of carbonyl (C=O) groups is 1. The lowest BCUT2D eigenvalue weighted by molar-refractivity contribution is -0.136. The predicted octanol–water partition coefficient (Wildman–Crippen LogP) is 2.54. The summed E-state index contributed by atoms with van der Waals surface area (Å²) in [6, 6.07) is 0. The molecule has 1 atom stereocenters. The van der Waals surface area contributed by atoms with Crippen molar-refractivity contribution in [3.8, 4) is 0 Å². The Balaban J connectivity index is 3.20. The summed E-state index contributed by atoms with van der Waals surface area (Å²) < 4.78 is 4.92. The van der Waals surface area contributed by atoms with Gasteiger partial charge < -0.3 is 4.74 Å². The maximum Gasteiger partial charge on any atom is 0.333 e. The van der Waals surface area contributed by atoms with Crippen LogP contribution in [0.3, 0.4) is 0 Å². The zero-order valence-electron chi connectivity index (χ0n) is 7.85. The smallest absolute Gasteiger partial charge is 0.333 e. The van der Waals surface area contributed by atoms with Crippen LogP contribution in [-0.2, 0) is 9.53 Å². The van der Waals surface area contributed by atoms with E-state index in [-0.39, 0.29) is 5.97 Å². The summed E-state index contributed by atoms with van der Waals surface area (Å²) >= 11 is 0. The van der Waals surface area contributed by atoms with Crippen molar-refractivity contribution in [2.45, 2.75) is 26.7 Å². The van der Waals surface area contributed by atoms with E-state index in [0.717, 1.165) is 8.58 Å². The van der Waals surface area contributed by atoms with E-state index in [9.17, 15) is 4.79 Å². The van der Waals surface area contributed by atoms with Crippen molar-refractivity contribution in [2.24, 2.45) is 0 Å². The largest absolute Gasteiger partial charge is 0.458 e. The summed E-state index contributed by atoms with van der Waals surface area (Å²) in [6.45, 7) is 7.32. The number of unbranched alkanes of at least 4 members (excludes halogenated alkanes) is 1. The van der Waals surface area contributed by atoms with Gasteiger partial charge in [-0.25, -0.2) is 4.79 Å². The minimum absolute atomic E-state index is 0.265. The van der Waals surface area contributed by atoms with E-state index >= 15 is 0 Å². The van der Waals surface area contributed by atoms with E-state index in [1.54, 1.807) is 6.92 Å². The third kappa shape index (κ3) is 6.36. The van der Waals surface area contributed by atoms with E-state index in [2.05, 4.69) is 13.5 Å². The normalized spacial score (nSPS) is 10.5. The fraction of sp³-hybridized carbons (Fsp3) is 0.667. The zero-order chi connectivity index (χ0) is 9.40. The maximum atomic E-state index is 10.9. The Labute approximate surface area is 76.2 Å². The highest BCUT2D eigenvalue weighted by Gasteiger charge is 2.00. The molecule has 0 aliphatic rings. The molecule has 0 rings (SSSR count). The molecule has 70 valence electrons. The number of rotatable bonds is 6. The standard InChI is InChI=1S/C9H17O2P/c1-4-5-6-12-7-11-9(10)8(2)3/h12H,2,4-7H2,1,3H3. The Kier molecular flexibility index (Phi) is 7.08. The first-order valence-corrected chi connectivity index (χ1v) is 5.63. The van der Waals surface area contributed by atoms with Crippen LogP contribution in [0.4, 0.5) is 0 Å². The summed E-state index contributed by atoms with van der Waals surface area (Å²) in [6.07, 6.45) is 4.16. The highest BCUT2D eigenvalue weighted by molar-refractivity contribution is 7.37. The van der Waals surface area contributed by atoms with Gasteiger partial charge in [0.2, 0.25) is 0 Å². The van der Waals surface area contributed by atoms with Gasteiger partial charge in [-0.1, -0.05) is 28.5 Å². The molecule has 0 aromatic heterocycles. The average molecular weight is 188 g/mol. The first-order chi connectivity index (χ1) is 5.68. The molecular weight excluding hydrogens is 171 g/mol. The predicted molar refractivity (Wildman–Crippen MR) is 53.9 cm³/mol. The van der Waals surface area contributed by atoms with Gasteiger partial charge in [-0.05, 0) is 19.5 Å². The molecule has 0 heterocycles. The van der Waals surface area contributed by atoms with Crippen molar-refractivity contribution >= 4 is 14.6 Å². The molecule has 0 aliphatic heterocycles. The molecule has 0 saturated heterocycles. The minimum Gasteiger partial charge on any atom is -0.458 e. The third-order valence-corrected chi connectivity index (χ3v) is 2.42. The summed E-state index contributed by atoms with van der Waals surface area (Å²) in [4.78, 5) is 10.9. The van der Waals surface area contributed by atoms with Crippen LogP contribution in [0, 0.1) is 0 Å². The molecule has 0 radical (unpaired) electrons. The second-order valence-electron chi connectivity index (χ2n) is 2.71. The lowest BCUT2D eigenvalue weighted by atomic mass is 10.4. The minimum atomic E-state index is -0.265. The quantitative estimate of drug-likeness (QED) is 0.277. The van der Waals surface area contributed by atoms with Crippen LogP contribution in [0.25, 0.3) is 0 Å². The molecule has 1 unspecified atom stereocenters. The SMILES string of the molecule is C=C(C)C(=O)OCPCCCC. The van der Waals surface area contributed by atoms with Crippen LogP contribution in [0.1, 0.15) is 26.7 Å². The molecule has 3 heteroatoms. The number of hydrogen-bond acceptors (Lipinski definition) is 2. The maximum absolute atomic E-state index is 10.9. The zero-order valence-corrected chi connectivity index (χ0v) is 8.85. The number of hydrogen-bond donors (Lipinski definition) is 0. The van der Waals surface area contributed by atoms with Crippen molar-refractivity contribution in [2.75, 3.05) is 12.5 Å². The second kappa shape index (κ2) is 7.30. The van der Waals surface area contributed by atoms with Crippen LogP contribution in [0.15, 0.2) is 12.2 Å². The van der Waals surface area contributed by atoms with E-state index in [0.29, 0.717) is 11.9 Å². The van der Waals surface area contributed by atoms with E-state index in [1.165, 1.54) is 19.0 Å². The van der Waals surface area contributed by atoms with Crippen molar-refractivity contribution < 1.29 is 9.53 Å². The van der Waals surface area contributed by atoms with Crippen molar-refractivity contribution in [1.29, 1.82) is 0 Å². The van der Waals surface area contributed by atoms with Gasteiger partial charge >= 0.3 is 5.97 Å². The summed E-state index contributed by atoms with van der Waals surface area (Å²) in [5.41, 5.74) is 0.482. The van der Waals surface area contributed by atoms with E-state index in [4.69, 9.17) is 4.74 Å². The van der Waals surface area contributed by atoms with E-state index < -0.39 is 0 Å². The molecule has 0 aromatic rings. The van der Waals surface area contributed by atoms with Crippen LogP contribution in [-0.4, -0.2) is 18.5 Å². The second-order valence-corrected chi connectivity index (χ2v) is 4.00. The molecule has 0 amide bonds. The van der Waals surface area contributed by atoms with Gasteiger partial charge in [0.15, 0.2) is 0 Å². The monoisotopic (exact) mass is 188 g/mol. The summed E-state index contributed by atoms with van der Waals surface area (Å²) in [7, 11) is 0.740. The Hall–Kier alpha value is -0.360. The Morgan fingerprint density at radius 1 is 1.58 bits per heavy atom. The lowest BCUT2D eigenvalue weighted by Crippen LogP contribution is -2.03. The van der Waals surface area contributed by atoms with Gasteiger partial charge in [0.1, 0.15) is 6.35 Å². The molecule has 0 fully saturated rings. The van der Waals surface area contributed by atoms with Crippen LogP contribution in [0.5, 0.6) is 0 Å². The van der Waals surface area contributed by atoms with Crippen LogP contribution in [0.2, 0.25) is 0 Å². The Morgan fingerprint density at radius 2 is 2.25 bits per heavy atom. The Morgan fingerprint density at radius 3 is 2.75 bits per heavy atom. The fourth-order valence-electron chi connectivity index (χ4n) is 0.614. The molecule has 0 aliphatic carbocycles. The number of esters is 1. The molecule has 0 spiro atoms. The van der Waals surface area contributed by atoms with Gasteiger partial charge in [-0.2, -0.15) is 0 Å². The van der Waals surface area contributed by atoms with Crippen LogP contribution >= 0.6 is 8.58 Å².